The molecule has 4 rings (SSSR count). The molecule has 0 radical (unpaired) electrons. The lowest BCUT2D eigenvalue weighted by molar-refractivity contribution is -0.138. The molecule has 4 heterocycles. The van der Waals surface area contributed by atoms with Crippen LogP contribution in [0.2, 0.25) is 0 Å². The van der Waals surface area contributed by atoms with E-state index in [0.717, 1.165) is 23.6 Å². The van der Waals surface area contributed by atoms with Crippen molar-refractivity contribution in [2.24, 2.45) is 0 Å². The third-order valence-electron chi connectivity index (χ3n) is 7.29. The van der Waals surface area contributed by atoms with Crippen LogP contribution in [0.3, 0.4) is 0 Å². The first-order chi connectivity index (χ1) is 14.8. The number of piperazine rings is 1. The molecular weight excluding hydrogens is 412 g/mol. The summed E-state index contributed by atoms with van der Waals surface area (Å²) >= 11 is 6.40. The van der Waals surface area contributed by atoms with Gasteiger partial charge in [-0.3, -0.25) is 14.5 Å². The molecule has 0 N–H and O–H groups in total. The van der Waals surface area contributed by atoms with Crippen molar-refractivity contribution in [1.82, 2.24) is 19.6 Å². The molecule has 6 nitrogen and oxygen atoms in total. The third-order valence-corrected chi connectivity index (χ3v) is 7.57. The van der Waals surface area contributed by atoms with Gasteiger partial charge in [0.05, 0.1) is 0 Å². The number of allylic oxidation sites excluding steroid dienone is 4. The molecule has 0 saturated carbocycles. The van der Waals surface area contributed by atoms with E-state index < -0.39 is 0 Å². The van der Waals surface area contributed by atoms with Gasteiger partial charge in [0, 0.05) is 81.0 Å². The highest BCUT2D eigenvalue weighted by Crippen LogP contribution is 2.42. The Morgan fingerprint density at radius 1 is 1.13 bits per heavy atom. The molecule has 4 aliphatic heterocycles. The van der Waals surface area contributed by atoms with Crippen LogP contribution in [-0.4, -0.2) is 83.3 Å². The molecule has 2 saturated heterocycles. The molecule has 0 spiro atoms. The maximum atomic E-state index is 12.9. The number of nitrogens with zero attached hydrogens (tertiary/aromatic N) is 4. The number of halogens is 1. The van der Waals surface area contributed by atoms with Crippen LogP contribution < -0.4 is 0 Å². The standard InChI is InChI=1S/C24H33ClN4O2/c1-17-4-5-19(25)6-8-21-22-9-7-20(26(22)3)16-23(21)29(17)11-10-24(31)28-14-12-27(13-15-28)18(2)30/h4-6,20,22H,1,7-16H2,2-3H3/b5-4-,19-6+. The van der Waals surface area contributed by atoms with E-state index in [2.05, 4.69) is 29.5 Å². The Morgan fingerprint density at radius 3 is 2.55 bits per heavy atom. The summed E-state index contributed by atoms with van der Waals surface area (Å²) in [5, 5.41) is 0.733. The number of carbonyl (C=O) groups is 2. The molecular formula is C24H33ClN4O2. The van der Waals surface area contributed by atoms with Crippen LogP contribution in [0.25, 0.3) is 0 Å². The summed E-state index contributed by atoms with van der Waals surface area (Å²) in [4.78, 5) is 33.0. The number of amides is 2. The Morgan fingerprint density at radius 2 is 1.84 bits per heavy atom. The van der Waals surface area contributed by atoms with Crippen molar-refractivity contribution in [3.05, 3.63) is 46.8 Å². The Kier molecular flexibility index (Phi) is 6.58. The number of rotatable bonds is 3. The van der Waals surface area contributed by atoms with Crippen molar-refractivity contribution < 1.29 is 9.59 Å². The molecule has 4 aliphatic rings. The molecule has 7 heteroatoms. The van der Waals surface area contributed by atoms with Gasteiger partial charge in [0.2, 0.25) is 11.8 Å². The van der Waals surface area contributed by atoms with Gasteiger partial charge in [0.25, 0.3) is 0 Å². The summed E-state index contributed by atoms with van der Waals surface area (Å²) in [5.74, 6) is 0.226. The van der Waals surface area contributed by atoms with E-state index in [1.165, 1.54) is 24.1 Å². The van der Waals surface area contributed by atoms with Crippen molar-refractivity contribution in [3.63, 3.8) is 0 Å². The van der Waals surface area contributed by atoms with Crippen LogP contribution in [0.1, 0.15) is 39.0 Å². The number of fused-ring (bicyclic) bond motifs is 3. The fraction of sp³-hybridized carbons (Fsp3) is 0.583. The Labute approximate surface area is 190 Å². The largest absolute Gasteiger partial charge is 0.345 e. The zero-order chi connectivity index (χ0) is 22.1. The van der Waals surface area contributed by atoms with Crippen LogP contribution in [0.15, 0.2) is 46.8 Å². The number of carbonyl (C=O) groups excluding carboxylic acids is 2. The predicted octanol–water partition coefficient (Wildman–Crippen LogP) is 3.09. The predicted molar refractivity (Wildman–Crippen MR) is 123 cm³/mol. The summed E-state index contributed by atoms with van der Waals surface area (Å²) in [5.41, 5.74) is 3.64. The van der Waals surface area contributed by atoms with E-state index in [0.29, 0.717) is 51.2 Å². The minimum absolute atomic E-state index is 0.0792. The van der Waals surface area contributed by atoms with Crippen molar-refractivity contribution in [2.75, 3.05) is 39.8 Å². The van der Waals surface area contributed by atoms with E-state index in [1.807, 2.05) is 17.1 Å². The van der Waals surface area contributed by atoms with Crippen LogP contribution in [0, 0.1) is 0 Å². The van der Waals surface area contributed by atoms with E-state index >= 15 is 0 Å². The zero-order valence-corrected chi connectivity index (χ0v) is 19.4. The highest BCUT2D eigenvalue weighted by molar-refractivity contribution is 6.31. The highest BCUT2D eigenvalue weighted by atomic mass is 35.5. The maximum Gasteiger partial charge on any atom is 0.224 e. The van der Waals surface area contributed by atoms with E-state index in [9.17, 15) is 9.59 Å². The Bertz CT molecular complexity index is 854. The smallest absolute Gasteiger partial charge is 0.224 e. The molecule has 0 aromatic rings. The summed E-state index contributed by atoms with van der Waals surface area (Å²) in [6, 6.07) is 0.997. The van der Waals surface area contributed by atoms with Gasteiger partial charge in [-0.25, -0.2) is 0 Å². The average Bonchev–Trinajstić information content (AvgIpc) is 3.02. The van der Waals surface area contributed by atoms with Crippen LogP contribution in [-0.2, 0) is 9.59 Å². The molecule has 2 unspecified atom stereocenters. The summed E-state index contributed by atoms with van der Waals surface area (Å²) in [6.07, 6.45) is 10.6. The first-order valence-electron chi connectivity index (χ1n) is 11.3. The normalized spacial score (nSPS) is 29.7. The second kappa shape index (κ2) is 9.21. The second-order valence-corrected chi connectivity index (χ2v) is 9.43. The molecule has 0 aromatic carbocycles. The average molecular weight is 445 g/mol. The van der Waals surface area contributed by atoms with Gasteiger partial charge in [-0.05, 0) is 44.0 Å². The fourth-order valence-corrected chi connectivity index (χ4v) is 5.53. The second-order valence-electron chi connectivity index (χ2n) is 8.99. The molecule has 2 atom stereocenters. The summed E-state index contributed by atoms with van der Waals surface area (Å²) in [7, 11) is 2.23. The van der Waals surface area contributed by atoms with Crippen molar-refractivity contribution >= 4 is 23.4 Å². The summed E-state index contributed by atoms with van der Waals surface area (Å²) in [6.45, 7) is 8.98. The van der Waals surface area contributed by atoms with Gasteiger partial charge in [0.15, 0.2) is 0 Å². The minimum atomic E-state index is 0.0792. The van der Waals surface area contributed by atoms with Gasteiger partial charge >= 0.3 is 0 Å². The third kappa shape index (κ3) is 4.60. The van der Waals surface area contributed by atoms with Crippen molar-refractivity contribution in [1.29, 1.82) is 0 Å². The molecule has 168 valence electrons. The van der Waals surface area contributed by atoms with Gasteiger partial charge in [-0.15, -0.1) is 0 Å². The van der Waals surface area contributed by atoms with Crippen molar-refractivity contribution in [2.45, 2.75) is 51.1 Å². The number of hydrogen-bond acceptors (Lipinski definition) is 4. The first-order valence-corrected chi connectivity index (χ1v) is 11.7. The first kappa shape index (κ1) is 22.2. The SMILES string of the molecule is C=C1/C=C\C(Cl)=C/CC2=C(CC3CCC2N3C)N1CCC(=O)N1CCN(C(C)=O)CC1. The van der Waals surface area contributed by atoms with Gasteiger partial charge < -0.3 is 14.7 Å². The molecule has 31 heavy (non-hydrogen) atoms. The quantitative estimate of drug-likeness (QED) is 0.671. The molecule has 0 aliphatic carbocycles. The fourth-order valence-electron chi connectivity index (χ4n) is 5.39. The van der Waals surface area contributed by atoms with Gasteiger partial charge in [0.1, 0.15) is 0 Å². The lowest BCUT2D eigenvalue weighted by Gasteiger charge is -2.40. The number of likely N-dealkylation sites (N-methyl/N-ethyl adjacent to an activating group) is 1. The summed E-state index contributed by atoms with van der Waals surface area (Å²) < 4.78 is 0. The zero-order valence-electron chi connectivity index (χ0n) is 18.6. The van der Waals surface area contributed by atoms with E-state index in [4.69, 9.17) is 11.6 Å². The van der Waals surface area contributed by atoms with Crippen LogP contribution in [0.5, 0.6) is 0 Å². The highest BCUT2D eigenvalue weighted by Gasteiger charge is 2.40. The Balaban J connectivity index is 1.50. The van der Waals surface area contributed by atoms with E-state index in [-0.39, 0.29) is 11.8 Å². The Hall–Kier alpha value is -2.05. The molecule has 0 aromatic heterocycles. The van der Waals surface area contributed by atoms with Crippen LogP contribution in [0.4, 0.5) is 0 Å². The maximum absolute atomic E-state index is 12.9. The molecule has 2 fully saturated rings. The monoisotopic (exact) mass is 444 g/mol. The number of hydrogen-bond donors (Lipinski definition) is 0. The van der Waals surface area contributed by atoms with Gasteiger partial charge in [-0.2, -0.15) is 0 Å². The minimum Gasteiger partial charge on any atom is -0.345 e. The van der Waals surface area contributed by atoms with Gasteiger partial charge in [-0.1, -0.05) is 24.3 Å². The lowest BCUT2D eigenvalue weighted by Crippen LogP contribution is -2.50. The van der Waals surface area contributed by atoms with E-state index in [1.54, 1.807) is 11.8 Å². The lowest BCUT2D eigenvalue weighted by atomic mass is 9.94. The van der Waals surface area contributed by atoms with Crippen LogP contribution >= 0.6 is 11.6 Å². The molecule has 2 bridgehead atoms. The topological polar surface area (TPSA) is 47.1 Å². The molecule has 2 amide bonds. The van der Waals surface area contributed by atoms with Crippen molar-refractivity contribution in [3.8, 4) is 0 Å².